The van der Waals surface area contributed by atoms with Crippen molar-refractivity contribution in [2.45, 2.75) is 10.5 Å². The average molecular weight is 212 g/mol. The number of hydrogen-bond acceptors (Lipinski definition) is 4. The highest BCUT2D eigenvalue weighted by atomic mass is 32.2. The van der Waals surface area contributed by atoms with Crippen molar-refractivity contribution < 1.29 is 0 Å². The summed E-state index contributed by atoms with van der Waals surface area (Å²) in [4.78, 5) is 0. The summed E-state index contributed by atoms with van der Waals surface area (Å²) in [6.45, 7) is 0. The van der Waals surface area contributed by atoms with Crippen LogP contribution in [0.25, 0.3) is 0 Å². The highest BCUT2D eigenvalue weighted by Crippen LogP contribution is 2.32. The minimum atomic E-state index is 0.736. The van der Waals surface area contributed by atoms with Crippen molar-refractivity contribution in [2.75, 3.05) is 23.0 Å². The first kappa shape index (κ1) is 9.49. The number of rotatable bonds is 2. The van der Waals surface area contributed by atoms with Gasteiger partial charge in [0, 0.05) is 33.5 Å². The molecule has 0 spiro atoms. The van der Waals surface area contributed by atoms with Crippen LogP contribution < -0.4 is 0 Å². The van der Waals surface area contributed by atoms with Crippen LogP contribution in [0.4, 0.5) is 0 Å². The molecule has 0 amide bonds. The van der Waals surface area contributed by atoms with Crippen molar-refractivity contribution in [3.8, 4) is 0 Å². The highest BCUT2D eigenvalue weighted by Gasteiger charge is 2.23. The van der Waals surface area contributed by atoms with Gasteiger partial charge in [-0.3, -0.25) is 0 Å². The fourth-order valence-corrected chi connectivity index (χ4v) is 5.06. The van der Waals surface area contributed by atoms with Crippen LogP contribution in [0.15, 0.2) is 0 Å². The Balaban J connectivity index is 2.34. The van der Waals surface area contributed by atoms with Gasteiger partial charge in [0.1, 0.15) is 0 Å². The Morgan fingerprint density at radius 2 is 1.40 bits per heavy atom. The summed E-state index contributed by atoms with van der Waals surface area (Å²) in [7, 11) is 0. The summed E-state index contributed by atoms with van der Waals surface area (Å²) in [6, 6.07) is 0. The molecule has 60 valence electrons. The van der Waals surface area contributed by atoms with Crippen LogP contribution in [0.2, 0.25) is 0 Å². The van der Waals surface area contributed by atoms with Crippen molar-refractivity contribution in [1.29, 1.82) is 0 Å². The van der Waals surface area contributed by atoms with Gasteiger partial charge in [0.05, 0.1) is 0 Å². The molecule has 1 aliphatic rings. The average Bonchev–Trinajstić information content (AvgIpc) is 2.04. The van der Waals surface area contributed by atoms with Crippen LogP contribution in [0, 0.1) is 0 Å². The number of thioether (sulfide) groups is 2. The van der Waals surface area contributed by atoms with Crippen LogP contribution in [0.3, 0.4) is 0 Å². The topological polar surface area (TPSA) is 0 Å². The highest BCUT2D eigenvalue weighted by molar-refractivity contribution is 8.07. The largest absolute Gasteiger partial charge is 0.178 e. The summed E-state index contributed by atoms with van der Waals surface area (Å²) < 4.78 is 0. The van der Waals surface area contributed by atoms with Gasteiger partial charge < -0.3 is 0 Å². The fraction of sp³-hybridized carbons (Fsp3) is 1.00. The van der Waals surface area contributed by atoms with Crippen LogP contribution in [-0.2, 0) is 0 Å². The molecule has 1 saturated heterocycles. The smallest absolute Gasteiger partial charge is 0.0262 e. The predicted octanol–water partition coefficient (Wildman–Crippen LogP) is 2.06. The monoisotopic (exact) mass is 212 g/mol. The molecular weight excluding hydrogens is 200 g/mol. The lowest BCUT2D eigenvalue weighted by Crippen LogP contribution is -2.28. The van der Waals surface area contributed by atoms with E-state index in [0.717, 1.165) is 22.0 Å². The van der Waals surface area contributed by atoms with Gasteiger partial charge in [0.25, 0.3) is 0 Å². The maximum Gasteiger partial charge on any atom is 0.0262 e. The summed E-state index contributed by atoms with van der Waals surface area (Å²) in [6.07, 6.45) is 0. The van der Waals surface area contributed by atoms with E-state index < -0.39 is 0 Å². The van der Waals surface area contributed by atoms with Gasteiger partial charge in [-0.1, -0.05) is 0 Å². The second-order valence-electron chi connectivity index (χ2n) is 2.18. The minimum Gasteiger partial charge on any atom is -0.178 e. The lowest BCUT2D eigenvalue weighted by atomic mass is 10.3. The molecule has 0 aliphatic carbocycles. The van der Waals surface area contributed by atoms with Crippen molar-refractivity contribution in [3.05, 3.63) is 0 Å². The lowest BCUT2D eigenvalue weighted by molar-refractivity contribution is 0.944. The first-order valence-electron chi connectivity index (χ1n) is 3.33. The Morgan fingerprint density at radius 3 is 1.70 bits per heavy atom. The molecule has 0 radical (unpaired) electrons. The van der Waals surface area contributed by atoms with Crippen LogP contribution in [-0.4, -0.2) is 33.5 Å². The van der Waals surface area contributed by atoms with E-state index in [4.69, 9.17) is 0 Å². The first-order valence-corrected chi connectivity index (χ1v) is 6.69. The normalized spacial score (nSPS) is 34.2. The molecule has 0 saturated carbocycles. The molecule has 0 aromatic rings. The molecule has 0 aromatic heterocycles. The Labute approximate surface area is 82.1 Å². The molecule has 0 aromatic carbocycles. The number of hydrogen-bond donors (Lipinski definition) is 2. The quantitative estimate of drug-likeness (QED) is 0.673. The molecule has 0 bridgehead atoms. The third-order valence-corrected chi connectivity index (χ3v) is 5.96. The second kappa shape index (κ2) is 5.12. The summed E-state index contributed by atoms with van der Waals surface area (Å²) >= 11 is 12.7. The fourth-order valence-electron chi connectivity index (χ4n) is 0.954. The molecule has 1 heterocycles. The molecule has 0 N–H and O–H groups in total. The van der Waals surface area contributed by atoms with E-state index in [1.54, 1.807) is 0 Å². The SMILES string of the molecule is SCC1SCCSC1CS. The molecule has 1 aliphatic heterocycles. The molecule has 2 unspecified atom stereocenters. The van der Waals surface area contributed by atoms with E-state index in [0.29, 0.717) is 0 Å². The van der Waals surface area contributed by atoms with E-state index in [1.165, 1.54) is 11.5 Å². The summed E-state index contributed by atoms with van der Waals surface area (Å²) in [5, 5.41) is 1.47. The van der Waals surface area contributed by atoms with E-state index in [-0.39, 0.29) is 0 Å². The van der Waals surface area contributed by atoms with E-state index in [9.17, 15) is 0 Å². The Morgan fingerprint density at radius 1 is 1.00 bits per heavy atom. The number of thiol groups is 2. The molecule has 0 nitrogen and oxygen atoms in total. The second-order valence-corrected chi connectivity index (χ2v) is 5.61. The Kier molecular flexibility index (Phi) is 4.86. The van der Waals surface area contributed by atoms with Gasteiger partial charge in [0.2, 0.25) is 0 Å². The van der Waals surface area contributed by atoms with E-state index in [1.807, 2.05) is 23.5 Å². The van der Waals surface area contributed by atoms with Crippen molar-refractivity contribution in [3.63, 3.8) is 0 Å². The zero-order valence-electron chi connectivity index (χ0n) is 5.69. The molecule has 1 fully saturated rings. The first-order chi connectivity index (χ1) is 4.88. The summed E-state index contributed by atoms with van der Waals surface area (Å²) in [5.41, 5.74) is 0. The molecule has 10 heavy (non-hydrogen) atoms. The molecule has 2 atom stereocenters. The van der Waals surface area contributed by atoms with Gasteiger partial charge >= 0.3 is 0 Å². The summed E-state index contributed by atoms with van der Waals surface area (Å²) in [5.74, 6) is 4.59. The van der Waals surface area contributed by atoms with Gasteiger partial charge in [-0.05, 0) is 0 Å². The van der Waals surface area contributed by atoms with Crippen molar-refractivity contribution in [1.82, 2.24) is 0 Å². The zero-order chi connectivity index (χ0) is 7.40. The van der Waals surface area contributed by atoms with E-state index >= 15 is 0 Å². The third kappa shape index (κ3) is 2.47. The Hall–Kier alpha value is 1.40. The Bertz CT molecular complexity index is 83.7. The van der Waals surface area contributed by atoms with Gasteiger partial charge in [-0.25, -0.2) is 0 Å². The predicted molar refractivity (Wildman–Crippen MR) is 60.2 cm³/mol. The van der Waals surface area contributed by atoms with E-state index in [2.05, 4.69) is 25.3 Å². The molecule has 1 rings (SSSR count). The van der Waals surface area contributed by atoms with Gasteiger partial charge in [-0.15, -0.1) is 0 Å². The van der Waals surface area contributed by atoms with Crippen molar-refractivity contribution >= 4 is 48.8 Å². The standard InChI is InChI=1S/C6H12S4/c7-3-5-6(4-8)10-2-1-9-5/h5-8H,1-4H2. The third-order valence-electron chi connectivity index (χ3n) is 1.52. The van der Waals surface area contributed by atoms with Crippen LogP contribution in [0.1, 0.15) is 0 Å². The van der Waals surface area contributed by atoms with Crippen molar-refractivity contribution in [2.24, 2.45) is 0 Å². The molecular formula is C6H12S4. The van der Waals surface area contributed by atoms with Crippen LogP contribution in [0.5, 0.6) is 0 Å². The zero-order valence-corrected chi connectivity index (χ0v) is 9.12. The maximum absolute atomic E-state index is 4.31. The van der Waals surface area contributed by atoms with Gasteiger partial charge in [0.15, 0.2) is 0 Å². The molecule has 4 heteroatoms. The lowest BCUT2D eigenvalue weighted by Gasteiger charge is -2.27. The minimum absolute atomic E-state index is 0.736. The maximum atomic E-state index is 4.31. The van der Waals surface area contributed by atoms with Crippen LogP contribution >= 0.6 is 48.8 Å². The van der Waals surface area contributed by atoms with Gasteiger partial charge in [-0.2, -0.15) is 48.8 Å².